The molecule has 4 nitrogen and oxygen atoms in total. The first-order chi connectivity index (χ1) is 8.16. The zero-order valence-corrected chi connectivity index (χ0v) is 9.95. The van der Waals surface area contributed by atoms with Gasteiger partial charge in [0.1, 0.15) is 0 Å². The predicted molar refractivity (Wildman–Crippen MR) is 64.2 cm³/mol. The number of hydrogen-bond donors (Lipinski definition) is 2. The fourth-order valence-corrected chi connectivity index (χ4v) is 2.27. The van der Waals surface area contributed by atoms with E-state index in [4.69, 9.17) is 11.5 Å². The van der Waals surface area contributed by atoms with Gasteiger partial charge < -0.3 is 10.4 Å². The number of terminal acetylenes is 1. The monoisotopic (exact) mass is 237 g/mol. The Bertz CT molecular complexity index is 319. The van der Waals surface area contributed by atoms with E-state index in [1.165, 1.54) is 0 Å². The standard InChI is InChI=1S/C13H19NO3/c1-2-3-6-9-14-12(15)10-7-4-5-8-11(10)13(16)17/h1,10-11H,3-9H2,(H,14,15)(H,16,17). The van der Waals surface area contributed by atoms with E-state index in [1.807, 2.05) is 0 Å². The molecule has 17 heavy (non-hydrogen) atoms. The van der Waals surface area contributed by atoms with E-state index in [0.29, 0.717) is 25.8 Å². The number of rotatable bonds is 5. The number of nitrogens with one attached hydrogen (secondary N) is 1. The first-order valence-corrected chi connectivity index (χ1v) is 6.10. The van der Waals surface area contributed by atoms with Crippen LogP contribution in [0.2, 0.25) is 0 Å². The lowest BCUT2D eigenvalue weighted by Crippen LogP contribution is -2.40. The molecule has 94 valence electrons. The second-order valence-corrected chi connectivity index (χ2v) is 4.43. The molecule has 1 fully saturated rings. The Hall–Kier alpha value is -1.50. The van der Waals surface area contributed by atoms with Crippen LogP contribution in [0.25, 0.3) is 0 Å². The third-order valence-corrected chi connectivity index (χ3v) is 3.22. The van der Waals surface area contributed by atoms with Crippen LogP contribution in [-0.2, 0) is 9.59 Å². The second kappa shape index (κ2) is 6.95. The van der Waals surface area contributed by atoms with E-state index in [0.717, 1.165) is 19.3 Å². The van der Waals surface area contributed by atoms with Gasteiger partial charge in [-0.2, -0.15) is 0 Å². The summed E-state index contributed by atoms with van der Waals surface area (Å²) in [6.07, 6.45) is 9.61. The quantitative estimate of drug-likeness (QED) is 0.561. The van der Waals surface area contributed by atoms with E-state index < -0.39 is 11.9 Å². The number of unbranched alkanes of at least 4 members (excludes halogenated alkanes) is 1. The first-order valence-electron chi connectivity index (χ1n) is 6.10. The molecule has 1 saturated carbocycles. The van der Waals surface area contributed by atoms with Crippen molar-refractivity contribution in [1.82, 2.24) is 5.32 Å². The highest BCUT2D eigenvalue weighted by atomic mass is 16.4. The van der Waals surface area contributed by atoms with Crippen LogP contribution in [0.15, 0.2) is 0 Å². The van der Waals surface area contributed by atoms with Crippen molar-refractivity contribution in [2.24, 2.45) is 11.8 Å². The van der Waals surface area contributed by atoms with Crippen LogP contribution in [-0.4, -0.2) is 23.5 Å². The molecule has 1 aliphatic carbocycles. The van der Waals surface area contributed by atoms with Crippen molar-refractivity contribution in [3.05, 3.63) is 0 Å². The van der Waals surface area contributed by atoms with Crippen molar-refractivity contribution in [3.63, 3.8) is 0 Å². The lowest BCUT2D eigenvalue weighted by atomic mass is 9.78. The van der Waals surface area contributed by atoms with Gasteiger partial charge in [-0.1, -0.05) is 12.8 Å². The molecular formula is C13H19NO3. The summed E-state index contributed by atoms with van der Waals surface area (Å²) < 4.78 is 0. The Morgan fingerprint density at radius 2 is 1.94 bits per heavy atom. The third-order valence-electron chi connectivity index (χ3n) is 3.22. The topological polar surface area (TPSA) is 66.4 Å². The Balaban J connectivity index is 2.42. The molecule has 0 aliphatic heterocycles. The molecule has 1 rings (SSSR count). The van der Waals surface area contributed by atoms with Gasteiger partial charge in [-0.15, -0.1) is 12.3 Å². The lowest BCUT2D eigenvalue weighted by molar-refractivity contribution is -0.148. The smallest absolute Gasteiger partial charge is 0.307 e. The SMILES string of the molecule is C#CCCCNC(=O)C1CCCCC1C(=O)O. The van der Waals surface area contributed by atoms with E-state index in [1.54, 1.807) is 0 Å². The third kappa shape index (κ3) is 4.10. The molecule has 0 saturated heterocycles. The fraction of sp³-hybridized carbons (Fsp3) is 0.692. The second-order valence-electron chi connectivity index (χ2n) is 4.43. The van der Waals surface area contributed by atoms with Crippen LogP contribution < -0.4 is 5.32 Å². The maximum Gasteiger partial charge on any atom is 0.307 e. The van der Waals surface area contributed by atoms with Crippen molar-refractivity contribution in [3.8, 4) is 12.3 Å². The number of amides is 1. The zero-order chi connectivity index (χ0) is 12.7. The van der Waals surface area contributed by atoms with Crippen LogP contribution in [0.3, 0.4) is 0 Å². The van der Waals surface area contributed by atoms with E-state index in [-0.39, 0.29) is 11.8 Å². The average molecular weight is 237 g/mol. The van der Waals surface area contributed by atoms with Crippen molar-refractivity contribution in [2.75, 3.05) is 6.54 Å². The van der Waals surface area contributed by atoms with Crippen molar-refractivity contribution >= 4 is 11.9 Å². The highest BCUT2D eigenvalue weighted by Gasteiger charge is 2.35. The largest absolute Gasteiger partial charge is 0.481 e. The highest BCUT2D eigenvalue weighted by Crippen LogP contribution is 2.30. The summed E-state index contributed by atoms with van der Waals surface area (Å²) in [7, 11) is 0. The minimum Gasteiger partial charge on any atom is -0.481 e. The Labute approximate surface area is 102 Å². The molecule has 2 unspecified atom stereocenters. The molecule has 0 aromatic rings. The molecule has 2 atom stereocenters. The molecule has 0 radical (unpaired) electrons. The number of aliphatic carboxylic acids is 1. The number of carboxylic acid groups (broad SMARTS) is 1. The van der Waals surface area contributed by atoms with Crippen LogP contribution in [0.4, 0.5) is 0 Å². The molecule has 2 N–H and O–H groups in total. The van der Waals surface area contributed by atoms with Gasteiger partial charge in [0.15, 0.2) is 0 Å². The van der Waals surface area contributed by atoms with E-state index in [2.05, 4.69) is 11.2 Å². The van der Waals surface area contributed by atoms with Crippen LogP contribution in [0.5, 0.6) is 0 Å². The van der Waals surface area contributed by atoms with Crippen molar-refractivity contribution in [1.29, 1.82) is 0 Å². The van der Waals surface area contributed by atoms with Crippen LogP contribution in [0, 0.1) is 24.2 Å². The van der Waals surface area contributed by atoms with Gasteiger partial charge in [0.25, 0.3) is 0 Å². The summed E-state index contributed by atoms with van der Waals surface area (Å²) in [4.78, 5) is 22.9. The Kier molecular flexibility index (Phi) is 5.55. The molecule has 1 aliphatic rings. The molecule has 0 bridgehead atoms. The van der Waals surface area contributed by atoms with E-state index in [9.17, 15) is 9.59 Å². The lowest BCUT2D eigenvalue weighted by Gasteiger charge is -2.27. The number of carbonyl (C=O) groups is 2. The molecule has 0 aromatic carbocycles. The first kappa shape index (κ1) is 13.6. The van der Waals surface area contributed by atoms with Crippen LogP contribution >= 0.6 is 0 Å². The summed E-state index contributed by atoms with van der Waals surface area (Å²) >= 11 is 0. The fourth-order valence-electron chi connectivity index (χ4n) is 2.27. The Morgan fingerprint density at radius 3 is 2.53 bits per heavy atom. The van der Waals surface area contributed by atoms with Crippen molar-refractivity contribution < 1.29 is 14.7 Å². The maximum absolute atomic E-state index is 11.9. The molecule has 0 spiro atoms. The van der Waals surface area contributed by atoms with Gasteiger partial charge >= 0.3 is 5.97 Å². The minimum absolute atomic E-state index is 0.130. The summed E-state index contributed by atoms with van der Waals surface area (Å²) in [5.74, 6) is 0.633. The molecular weight excluding hydrogens is 218 g/mol. The number of hydrogen-bond acceptors (Lipinski definition) is 2. The van der Waals surface area contributed by atoms with Gasteiger partial charge in [-0.05, 0) is 19.3 Å². The van der Waals surface area contributed by atoms with Crippen molar-refractivity contribution in [2.45, 2.75) is 38.5 Å². The van der Waals surface area contributed by atoms with Gasteiger partial charge in [0.05, 0.1) is 11.8 Å². The number of carboxylic acids is 1. The van der Waals surface area contributed by atoms with Gasteiger partial charge in [0.2, 0.25) is 5.91 Å². The molecule has 0 heterocycles. The van der Waals surface area contributed by atoms with Gasteiger partial charge in [-0.25, -0.2) is 0 Å². The summed E-state index contributed by atoms with van der Waals surface area (Å²) in [5.41, 5.74) is 0. The summed E-state index contributed by atoms with van der Waals surface area (Å²) in [5, 5.41) is 11.8. The van der Waals surface area contributed by atoms with E-state index >= 15 is 0 Å². The molecule has 1 amide bonds. The summed E-state index contributed by atoms with van der Waals surface area (Å²) in [6, 6.07) is 0. The average Bonchev–Trinajstić information content (AvgIpc) is 2.34. The normalized spacial score (nSPS) is 23.7. The predicted octanol–water partition coefficient (Wildman–Crippen LogP) is 1.41. The van der Waals surface area contributed by atoms with Gasteiger partial charge in [0, 0.05) is 13.0 Å². The minimum atomic E-state index is -0.853. The maximum atomic E-state index is 11.9. The van der Waals surface area contributed by atoms with Crippen LogP contribution in [0.1, 0.15) is 38.5 Å². The Morgan fingerprint density at radius 1 is 1.29 bits per heavy atom. The zero-order valence-electron chi connectivity index (χ0n) is 9.95. The number of carbonyl (C=O) groups excluding carboxylic acids is 1. The summed E-state index contributed by atoms with van der Waals surface area (Å²) in [6.45, 7) is 0.534. The highest BCUT2D eigenvalue weighted by molar-refractivity contribution is 5.84. The molecule has 0 aromatic heterocycles. The molecule has 4 heteroatoms. The van der Waals surface area contributed by atoms with Gasteiger partial charge in [-0.3, -0.25) is 9.59 Å².